The first-order valence-electron chi connectivity index (χ1n) is 7.21. The highest BCUT2D eigenvalue weighted by atomic mass is 15.3. The maximum Gasteiger partial charge on any atom is 0.103 e. The number of likely N-dealkylation sites (tertiary alicyclic amines) is 2. The van der Waals surface area contributed by atoms with E-state index in [9.17, 15) is 0 Å². The van der Waals surface area contributed by atoms with Gasteiger partial charge in [0.15, 0.2) is 0 Å². The fraction of sp³-hybridized carbons (Fsp3) is 0.929. The van der Waals surface area contributed by atoms with Crippen LogP contribution in [0.4, 0.5) is 0 Å². The highest BCUT2D eigenvalue weighted by Crippen LogP contribution is 2.22. The van der Waals surface area contributed by atoms with E-state index in [-0.39, 0.29) is 0 Å². The van der Waals surface area contributed by atoms with E-state index in [0.717, 1.165) is 0 Å². The normalized spacial score (nSPS) is 26.6. The van der Waals surface area contributed by atoms with Gasteiger partial charge in [-0.05, 0) is 58.8 Å². The van der Waals surface area contributed by atoms with Gasteiger partial charge in [0.05, 0.1) is 0 Å². The molecule has 1 radical (unpaired) electrons. The van der Waals surface area contributed by atoms with Crippen molar-refractivity contribution in [2.45, 2.75) is 58.3 Å². The van der Waals surface area contributed by atoms with Crippen LogP contribution in [0.5, 0.6) is 0 Å². The molecule has 16 heavy (non-hydrogen) atoms. The smallest absolute Gasteiger partial charge is 0.103 e. The predicted octanol–water partition coefficient (Wildman–Crippen LogP) is 3.25. The molecular weight excluding hydrogens is 196 g/mol. The Morgan fingerprint density at radius 1 is 0.562 bits per heavy atom. The monoisotopic (exact) mass is 223 g/mol. The molecule has 2 nitrogen and oxygen atoms in total. The lowest BCUT2D eigenvalue weighted by Gasteiger charge is -2.35. The molecule has 2 rings (SSSR count). The van der Waals surface area contributed by atoms with Gasteiger partial charge >= 0.3 is 0 Å². The van der Waals surface area contributed by atoms with Crippen LogP contribution >= 0.6 is 0 Å². The largest absolute Gasteiger partial charge is 0.283 e. The van der Waals surface area contributed by atoms with Crippen LogP contribution in [-0.2, 0) is 0 Å². The van der Waals surface area contributed by atoms with Crippen LogP contribution in [-0.4, -0.2) is 36.0 Å². The lowest BCUT2D eigenvalue weighted by Crippen LogP contribution is -2.41. The van der Waals surface area contributed by atoms with Gasteiger partial charge in [0.2, 0.25) is 0 Å². The molecule has 2 saturated heterocycles. The van der Waals surface area contributed by atoms with E-state index in [1.54, 1.807) is 6.17 Å². The lowest BCUT2D eigenvalue weighted by atomic mass is 10.2. The summed E-state index contributed by atoms with van der Waals surface area (Å²) in [6.07, 6.45) is 12.9. The topological polar surface area (TPSA) is 6.48 Å². The summed E-state index contributed by atoms with van der Waals surface area (Å²) in [6.45, 7) is 7.52. The Morgan fingerprint density at radius 3 is 1.19 bits per heavy atom. The zero-order valence-electron chi connectivity index (χ0n) is 10.9. The molecule has 2 heterocycles. The molecular formula is C14H27N2. The maximum absolute atomic E-state index is 2.64. The second-order valence-electron chi connectivity index (χ2n) is 5.35. The van der Waals surface area contributed by atoms with Crippen LogP contribution in [0.3, 0.4) is 0 Å². The Balaban J connectivity index is 1.85. The van der Waals surface area contributed by atoms with Gasteiger partial charge in [0.25, 0.3) is 0 Å². The first-order chi connectivity index (χ1) is 7.88. The molecule has 0 aromatic carbocycles. The standard InChI is InChI=1S/C14H27N2/c1-14(15-10-6-2-3-7-11-15)16-12-8-4-5-9-13-16/h2-13H2,1H3. The minimum Gasteiger partial charge on any atom is -0.283 e. The van der Waals surface area contributed by atoms with E-state index in [4.69, 9.17) is 0 Å². The molecule has 0 aromatic rings. The van der Waals surface area contributed by atoms with Gasteiger partial charge in [0, 0.05) is 0 Å². The second-order valence-corrected chi connectivity index (χ2v) is 5.35. The summed E-state index contributed by atoms with van der Waals surface area (Å²) in [4.78, 5) is 5.27. The third kappa shape index (κ3) is 3.46. The summed E-state index contributed by atoms with van der Waals surface area (Å²) in [5.41, 5.74) is 0. The zero-order valence-corrected chi connectivity index (χ0v) is 10.9. The number of hydrogen-bond acceptors (Lipinski definition) is 2. The minimum absolute atomic E-state index is 1.29. The summed E-state index contributed by atoms with van der Waals surface area (Å²) in [6, 6.07) is 0. The van der Waals surface area contributed by atoms with Gasteiger partial charge < -0.3 is 0 Å². The van der Waals surface area contributed by atoms with E-state index in [1.165, 1.54) is 77.5 Å². The molecule has 93 valence electrons. The quantitative estimate of drug-likeness (QED) is 0.709. The van der Waals surface area contributed by atoms with Crippen molar-refractivity contribution in [3.63, 3.8) is 0 Å². The van der Waals surface area contributed by atoms with E-state index in [1.807, 2.05) is 0 Å². The van der Waals surface area contributed by atoms with Gasteiger partial charge in [0.1, 0.15) is 6.17 Å². The first kappa shape index (κ1) is 12.4. The lowest BCUT2D eigenvalue weighted by molar-refractivity contribution is 0.148. The molecule has 0 aliphatic carbocycles. The number of nitrogens with zero attached hydrogens (tertiary/aromatic N) is 2. The number of hydrogen-bond donors (Lipinski definition) is 0. The Kier molecular flexibility index (Phi) is 5.11. The molecule has 0 atom stereocenters. The Labute approximate surface area is 101 Å². The van der Waals surface area contributed by atoms with Gasteiger partial charge in [-0.1, -0.05) is 25.7 Å². The first-order valence-corrected chi connectivity index (χ1v) is 7.21. The van der Waals surface area contributed by atoms with E-state index in [2.05, 4.69) is 16.7 Å². The molecule has 0 aromatic heterocycles. The highest BCUT2D eigenvalue weighted by Gasteiger charge is 2.23. The molecule has 0 spiro atoms. The summed E-state index contributed by atoms with van der Waals surface area (Å²) < 4.78 is 0. The van der Waals surface area contributed by atoms with Crippen LogP contribution < -0.4 is 0 Å². The fourth-order valence-electron chi connectivity index (χ4n) is 2.99. The molecule has 0 saturated carbocycles. The minimum atomic E-state index is 1.29. The van der Waals surface area contributed by atoms with Crippen LogP contribution in [0.1, 0.15) is 58.3 Å². The predicted molar refractivity (Wildman–Crippen MR) is 69.0 cm³/mol. The van der Waals surface area contributed by atoms with Gasteiger partial charge in [-0.15, -0.1) is 0 Å². The van der Waals surface area contributed by atoms with Crippen molar-refractivity contribution in [2.24, 2.45) is 0 Å². The van der Waals surface area contributed by atoms with Crippen molar-refractivity contribution in [2.75, 3.05) is 26.2 Å². The molecule has 2 fully saturated rings. The van der Waals surface area contributed by atoms with Gasteiger partial charge in [-0.3, -0.25) is 9.80 Å². The van der Waals surface area contributed by atoms with Crippen molar-refractivity contribution in [1.29, 1.82) is 0 Å². The number of rotatable bonds is 2. The van der Waals surface area contributed by atoms with E-state index >= 15 is 0 Å². The molecule has 0 unspecified atom stereocenters. The third-order valence-corrected chi connectivity index (χ3v) is 4.13. The van der Waals surface area contributed by atoms with Crippen LogP contribution in [0.15, 0.2) is 0 Å². The van der Waals surface area contributed by atoms with Crippen molar-refractivity contribution in [3.05, 3.63) is 6.17 Å². The molecule has 2 aliphatic rings. The summed E-state index contributed by atoms with van der Waals surface area (Å²) in [5.74, 6) is 0. The van der Waals surface area contributed by atoms with Crippen molar-refractivity contribution >= 4 is 0 Å². The maximum atomic E-state index is 2.64. The molecule has 2 heteroatoms. The summed E-state index contributed by atoms with van der Waals surface area (Å²) >= 11 is 0. The van der Waals surface area contributed by atoms with Crippen molar-refractivity contribution < 1.29 is 0 Å². The summed E-state index contributed by atoms with van der Waals surface area (Å²) in [5, 5.41) is 0. The molecule has 0 amide bonds. The Hall–Kier alpha value is -0.0800. The van der Waals surface area contributed by atoms with E-state index in [0.29, 0.717) is 0 Å². The van der Waals surface area contributed by atoms with Crippen LogP contribution in [0.25, 0.3) is 0 Å². The zero-order chi connectivity index (χ0) is 11.2. The Bertz CT molecular complexity index is 157. The van der Waals surface area contributed by atoms with E-state index < -0.39 is 0 Å². The summed E-state index contributed by atoms with van der Waals surface area (Å²) in [7, 11) is 0. The highest BCUT2D eigenvalue weighted by molar-refractivity contribution is 4.87. The molecule has 0 bridgehead atoms. The van der Waals surface area contributed by atoms with Crippen LogP contribution in [0.2, 0.25) is 0 Å². The van der Waals surface area contributed by atoms with Crippen LogP contribution in [0, 0.1) is 6.17 Å². The average molecular weight is 223 g/mol. The fourth-order valence-corrected chi connectivity index (χ4v) is 2.99. The average Bonchev–Trinajstić information content (AvgIpc) is 2.73. The van der Waals surface area contributed by atoms with Gasteiger partial charge in [-0.25, -0.2) is 0 Å². The second kappa shape index (κ2) is 6.61. The third-order valence-electron chi connectivity index (χ3n) is 4.13. The van der Waals surface area contributed by atoms with Crippen molar-refractivity contribution in [1.82, 2.24) is 9.80 Å². The molecule has 2 aliphatic heterocycles. The van der Waals surface area contributed by atoms with Gasteiger partial charge in [-0.2, -0.15) is 0 Å². The SMILES string of the molecule is C[C](N1CCCCCC1)N1CCCCCC1. The van der Waals surface area contributed by atoms with Crippen molar-refractivity contribution in [3.8, 4) is 0 Å². The molecule has 0 N–H and O–H groups in total. The Morgan fingerprint density at radius 2 is 0.875 bits per heavy atom.